The van der Waals surface area contributed by atoms with E-state index in [0.717, 1.165) is 0 Å². The van der Waals surface area contributed by atoms with Gasteiger partial charge in [-0.05, 0) is 74.0 Å². The molecule has 1 unspecified atom stereocenters. The van der Waals surface area contributed by atoms with E-state index in [9.17, 15) is 14.4 Å². The van der Waals surface area contributed by atoms with Crippen molar-refractivity contribution < 1.29 is 19.1 Å². The van der Waals surface area contributed by atoms with Crippen molar-refractivity contribution in [2.45, 2.75) is 51.5 Å². The lowest BCUT2D eigenvalue weighted by molar-refractivity contribution is -0.113. The quantitative estimate of drug-likeness (QED) is 0.231. The fourth-order valence-corrected chi connectivity index (χ4v) is 4.79. The molecule has 1 atom stereocenters. The highest BCUT2D eigenvalue weighted by atomic mass is 79.9. The molecule has 9 nitrogen and oxygen atoms in total. The van der Waals surface area contributed by atoms with Gasteiger partial charge in [0.2, 0.25) is 5.91 Å². The summed E-state index contributed by atoms with van der Waals surface area (Å²) in [7, 11) is 0. The number of hydrogen-bond acceptors (Lipinski definition) is 7. The smallest absolute Gasteiger partial charge is 0.338 e. The fraction of sp³-hybridized carbons (Fsp3) is 0.320. The lowest BCUT2D eigenvalue weighted by atomic mass is 10.2. The Hall–Kier alpha value is -2.89. The second kappa shape index (κ2) is 13.1. The van der Waals surface area contributed by atoms with Crippen LogP contribution in [0.25, 0.3) is 0 Å². The van der Waals surface area contributed by atoms with Gasteiger partial charge >= 0.3 is 5.97 Å². The summed E-state index contributed by atoms with van der Waals surface area (Å²) in [6.45, 7) is 7.82. The van der Waals surface area contributed by atoms with E-state index < -0.39 is 12.0 Å². The number of nitrogens with zero attached hydrogens (tertiary/aromatic N) is 3. The number of benzene rings is 2. The molecule has 2 aromatic carbocycles. The van der Waals surface area contributed by atoms with E-state index in [1.807, 2.05) is 24.5 Å². The van der Waals surface area contributed by atoms with Crippen LogP contribution in [0.3, 0.4) is 0 Å². The summed E-state index contributed by atoms with van der Waals surface area (Å²) < 4.78 is 7.74. The van der Waals surface area contributed by atoms with Crippen LogP contribution in [0.2, 0.25) is 5.02 Å². The number of halogens is 2. The van der Waals surface area contributed by atoms with Crippen LogP contribution in [0, 0.1) is 0 Å². The van der Waals surface area contributed by atoms with E-state index in [1.165, 1.54) is 23.9 Å². The van der Waals surface area contributed by atoms with Crippen molar-refractivity contribution in [3.05, 3.63) is 68.9 Å². The number of carbonyl (C=O) groups excluding carboxylic acids is 3. The van der Waals surface area contributed by atoms with E-state index in [1.54, 1.807) is 38.1 Å². The van der Waals surface area contributed by atoms with E-state index in [0.29, 0.717) is 38.3 Å². The van der Waals surface area contributed by atoms with Gasteiger partial charge in [0.15, 0.2) is 11.0 Å². The summed E-state index contributed by atoms with van der Waals surface area (Å²) in [6.07, 6.45) is -0.269. The van der Waals surface area contributed by atoms with Crippen molar-refractivity contribution in [3.63, 3.8) is 0 Å². The third-order valence-corrected chi connectivity index (χ3v) is 7.05. The first-order valence-electron chi connectivity index (χ1n) is 11.5. The number of aromatic nitrogens is 3. The lowest BCUT2D eigenvalue weighted by Gasteiger charge is -2.15. The highest BCUT2D eigenvalue weighted by Gasteiger charge is 2.21. The number of hydrogen-bond donors (Lipinski definition) is 2. The molecule has 0 aliphatic heterocycles. The zero-order valence-corrected chi connectivity index (χ0v) is 23.9. The van der Waals surface area contributed by atoms with Gasteiger partial charge in [-0.15, -0.1) is 10.2 Å². The summed E-state index contributed by atoms with van der Waals surface area (Å²) in [5.74, 6) is -0.460. The fourth-order valence-electron chi connectivity index (χ4n) is 3.36. The molecule has 0 aliphatic carbocycles. The third kappa shape index (κ3) is 7.56. The molecule has 2 amide bonds. The molecule has 0 bridgehead atoms. The summed E-state index contributed by atoms with van der Waals surface area (Å²) in [5, 5.41) is 15.0. The van der Waals surface area contributed by atoms with Crippen molar-refractivity contribution in [1.29, 1.82) is 0 Å². The van der Waals surface area contributed by atoms with Crippen molar-refractivity contribution in [2.24, 2.45) is 0 Å². The average molecular weight is 609 g/mol. The molecule has 1 heterocycles. The highest BCUT2D eigenvalue weighted by molar-refractivity contribution is 9.10. The van der Waals surface area contributed by atoms with Crippen LogP contribution in [0.5, 0.6) is 0 Å². The normalized spacial score (nSPS) is 11.8. The molecule has 0 radical (unpaired) electrons. The first kappa shape index (κ1) is 28.7. The Morgan fingerprint density at radius 1 is 1.14 bits per heavy atom. The van der Waals surface area contributed by atoms with E-state index in [4.69, 9.17) is 16.3 Å². The van der Waals surface area contributed by atoms with Gasteiger partial charge < -0.3 is 19.9 Å². The molecule has 0 saturated heterocycles. The minimum absolute atomic E-state index is 0.0346. The average Bonchev–Trinajstić information content (AvgIpc) is 3.27. The maximum atomic E-state index is 12.7. The number of amides is 2. The van der Waals surface area contributed by atoms with Gasteiger partial charge in [-0.3, -0.25) is 9.59 Å². The number of esters is 1. The van der Waals surface area contributed by atoms with E-state index in [-0.39, 0.29) is 29.2 Å². The molecule has 1 aromatic heterocycles. The standard InChI is InChI=1S/C25H27BrClN5O4S/c1-5-32-22(15(4)28-23(34)17-8-6-7-9-18(17)26)30-31-25(32)37-13-21(33)29-20-12-16(10-11-19(20)27)24(35)36-14(2)3/h6-12,14-15H,5,13H2,1-4H3,(H,28,34)(H,29,33). The molecule has 0 saturated carbocycles. The Labute approximate surface area is 232 Å². The Morgan fingerprint density at radius 2 is 1.86 bits per heavy atom. The second-order valence-corrected chi connectivity index (χ2v) is 10.4. The molecule has 196 valence electrons. The van der Waals surface area contributed by atoms with Crippen molar-refractivity contribution in [2.75, 3.05) is 11.1 Å². The van der Waals surface area contributed by atoms with E-state index in [2.05, 4.69) is 36.8 Å². The number of anilines is 1. The zero-order valence-electron chi connectivity index (χ0n) is 20.7. The molecular formula is C25H27BrClN5O4S. The number of rotatable bonds is 10. The van der Waals surface area contributed by atoms with Gasteiger partial charge in [-0.1, -0.05) is 35.5 Å². The first-order chi connectivity index (χ1) is 17.6. The summed E-state index contributed by atoms with van der Waals surface area (Å²) in [4.78, 5) is 37.5. The minimum Gasteiger partial charge on any atom is -0.459 e. The zero-order chi connectivity index (χ0) is 27.1. The van der Waals surface area contributed by atoms with Gasteiger partial charge in [0.05, 0.1) is 39.7 Å². The predicted octanol–water partition coefficient (Wildman–Crippen LogP) is 5.50. The van der Waals surface area contributed by atoms with E-state index >= 15 is 0 Å². The summed E-state index contributed by atoms with van der Waals surface area (Å²) in [6, 6.07) is 11.3. The topological polar surface area (TPSA) is 115 Å². The van der Waals surface area contributed by atoms with Gasteiger partial charge in [-0.25, -0.2) is 4.79 Å². The Bertz CT molecular complexity index is 1300. The Balaban J connectivity index is 1.64. The maximum Gasteiger partial charge on any atom is 0.338 e. The van der Waals surface area contributed by atoms with Crippen molar-refractivity contribution in [1.82, 2.24) is 20.1 Å². The molecule has 12 heteroatoms. The van der Waals surface area contributed by atoms with Gasteiger partial charge in [0.25, 0.3) is 5.91 Å². The van der Waals surface area contributed by atoms with Gasteiger partial charge in [-0.2, -0.15) is 0 Å². The molecule has 0 fully saturated rings. The molecular weight excluding hydrogens is 582 g/mol. The third-order valence-electron chi connectivity index (χ3n) is 5.07. The van der Waals surface area contributed by atoms with Crippen LogP contribution < -0.4 is 10.6 Å². The Morgan fingerprint density at radius 3 is 2.54 bits per heavy atom. The number of thioether (sulfide) groups is 1. The molecule has 37 heavy (non-hydrogen) atoms. The molecule has 0 spiro atoms. The monoisotopic (exact) mass is 607 g/mol. The van der Waals surface area contributed by atoms with Crippen LogP contribution in [0.1, 0.15) is 60.3 Å². The van der Waals surface area contributed by atoms with Crippen molar-refractivity contribution in [3.8, 4) is 0 Å². The number of nitrogens with one attached hydrogen (secondary N) is 2. The van der Waals surface area contributed by atoms with Crippen LogP contribution in [-0.2, 0) is 16.1 Å². The molecule has 3 aromatic rings. The SMILES string of the molecule is CCn1c(SCC(=O)Nc2cc(C(=O)OC(C)C)ccc2Cl)nnc1C(C)NC(=O)c1ccccc1Br. The van der Waals surface area contributed by atoms with Gasteiger partial charge in [0.1, 0.15) is 0 Å². The van der Waals surface area contributed by atoms with Crippen molar-refractivity contribution >= 4 is 62.8 Å². The summed E-state index contributed by atoms with van der Waals surface area (Å²) in [5.41, 5.74) is 1.12. The van der Waals surface area contributed by atoms with Crippen LogP contribution in [0.15, 0.2) is 52.1 Å². The van der Waals surface area contributed by atoms with Crippen LogP contribution in [0.4, 0.5) is 5.69 Å². The summed E-state index contributed by atoms with van der Waals surface area (Å²) >= 11 is 10.8. The number of ether oxygens (including phenoxy) is 1. The van der Waals surface area contributed by atoms with Gasteiger partial charge in [0, 0.05) is 11.0 Å². The molecule has 0 aliphatic rings. The molecule has 2 N–H and O–H groups in total. The lowest BCUT2D eigenvalue weighted by Crippen LogP contribution is -2.29. The second-order valence-electron chi connectivity index (χ2n) is 8.25. The minimum atomic E-state index is -0.499. The largest absolute Gasteiger partial charge is 0.459 e. The molecule has 3 rings (SSSR count). The predicted molar refractivity (Wildman–Crippen MR) is 147 cm³/mol. The Kier molecular flexibility index (Phi) is 10.1. The first-order valence-corrected chi connectivity index (χ1v) is 13.7. The maximum absolute atomic E-state index is 12.7. The number of carbonyl (C=O) groups is 3. The highest BCUT2D eigenvalue weighted by Crippen LogP contribution is 2.26. The van der Waals surface area contributed by atoms with Crippen LogP contribution >= 0.6 is 39.3 Å². The van der Waals surface area contributed by atoms with Crippen LogP contribution in [-0.4, -0.2) is 44.4 Å².